The van der Waals surface area contributed by atoms with Crippen LogP contribution in [0.5, 0.6) is 5.75 Å². The Kier molecular flexibility index (Phi) is 3.85. The van der Waals surface area contributed by atoms with Crippen molar-refractivity contribution in [1.82, 2.24) is 0 Å². The summed E-state index contributed by atoms with van der Waals surface area (Å²) < 4.78 is 16.4. The summed E-state index contributed by atoms with van der Waals surface area (Å²) in [5.74, 6) is -0.787. The van der Waals surface area contributed by atoms with Crippen LogP contribution in [0.15, 0.2) is 23.1 Å². The smallest absolute Gasteiger partial charge is 0.339 e. The van der Waals surface area contributed by atoms with E-state index in [0.29, 0.717) is 11.5 Å². The molecule has 4 nitrogen and oxygen atoms in total. The van der Waals surface area contributed by atoms with E-state index in [1.807, 2.05) is 0 Å². The zero-order valence-corrected chi connectivity index (χ0v) is 9.34. The average molecular weight is 228 g/mol. The summed E-state index contributed by atoms with van der Waals surface area (Å²) in [7, 11) is -1.14. The Hall–Kier alpha value is -1.36. The second kappa shape index (κ2) is 4.93. The highest BCUT2D eigenvalue weighted by Crippen LogP contribution is 2.22. The molecule has 0 saturated heterocycles. The maximum absolute atomic E-state index is 11.2. The van der Waals surface area contributed by atoms with E-state index in [-0.39, 0.29) is 11.3 Å². The molecular weight excluding hydrogens is 216 g/mol. The van der Waals surface area contributed by atoms with Crippen LogP contribution < -0.4 is 4.74 Å². The molecule has 1 N–H and O–H groups in total. The van der Waals surface area contributed by atoms with E-state index < -0.39 is 16.8 Å². The fourth-order valence-electron chi connectivity index (χ4n) is 1.13. The minimum atomic E-state index is -1.14. The normalized spacial score (nSPS) is 12.1. The van der Waals surface area contributed by atoms with Gasteiger partial charge < -0.3 is 9.84 Å². The second-order valence-electron chi connectivity index (χ2n) is 2.85. The lowest BCUT2D eigenvalue weighted by Gasteiger charge is -2.08. The first-order valence-corrected chi connectivity index (χ1v) is 5.95. The number of benzene rings is 1. The van der Waals surface area contributed by atoms with Gasteiger partial charge >= 0.3 is 5.97 Å². The molecule has 0 aliphatic heterocycles. The van der Waals surface area contributed by atoms with Gasteiger partial charge in [-0.1, -0.05) is 0 Å². The van der Waals surface area contributed by atoms with E-state index in [4.69, 9.17) is 9.84 Å². The van der Waals surface area contributed by atoms with Gasteiger partial charge in [-0.05, 0) is 25.1 Å². The van der Waals surface area contributed by atoms with Crippen LogP contribution in [0.1, 0.15) is 17.3 Å². The quantitative estimate of drug-likeness (QED) is 0.848. The third-order valence-electron chi connectivity index (χ3n) is 1.82. The van der Waals surface area contributed by atoms with Gasteiger partial charge in [0.15, 0.2) is 0 Å². The summed E-state index contributed by atoms with van der Waals surface area (Å²) >= 11 is 0. The maximum Gasteiger partial charge on any atom is 0.339 e. The van der Waals surface area contributed by atoms with Crippen molar-refractivity contribution in [1.29, 1.82) is 0 Å². The number of aromatic carboxylic acids is 1. The number of carboxylic acids is 1. The van der Waals surface area contributed by atoms with Crippen LogP contribution in [0.3, 0.4) is 0 Å². The molecule has 0 saturated carbocycles. The summed E-state index contributed by atoms with van der Waals surface area (Å²) in [4.78, 5) is 11.4. The zero-order chi connectivity index (χ0) is 11.4. The molecule has 0 heterocycles. The minimum Gasteiger partial charge on any atom is -0.493 e. The standard InChI is InChI=1S/C10H12O4S/c1-3-14-9-6-7(15(2)13)4-5-8(9)10(11)12/h4-6H,3H2,1-2H3,(H,11,12). The van der Waals surface area contributed by atoms with Crippen LogP contribution in [-0.4, -0.2) is 28.1 Å². The predicted molar refractivity (Wildman–Crippen MR) is 56.9 cm³/mol. The van der Waals surface area contributed by atoms with Crippen LogP contribution in [0.25, 0.3) is 0 Å². The van der Waals surface area contributed by atoms with Crippen molar-refractivity contribution < 1.29 is 18.8 Å². The Balaban J connectivity index is 3.20. The fraction of sp³-hybridized carbons (Fsp3) is 0.300. The molecule has 0 aliphatic carbocycles. The molecule has 0 amide bonds. The average Bonchev–Trinajstić information content (AvgIpc) is 2.17. The monoisotopic (exact) mass is 228 g/mol. The second-order valence-corrected chi connectivity index (χ2v) is 4.23. The van der Waals surface area contributed by atoms with Gasteiger partial charge in [-0.15, -0.1) is 0 Å². The Morgan fingerprint density at radius 1 is 1.53 bits per heavy atom. The largest absolute Gasteiger partial charge is 0.493 e. The molecule has 0 aromatic heterocycles. The van der Waals surface area contributed by atoms with E-state index >= 15 is 0 Å². The van der Waals surface area contributed by atoms with Crippen molar-refractivity contribution in [3.8, 4) is 5.75 Å². The van der Waals surface area contributed by atoms with E-state index in [1.54, 1.807) is 6.92 Å². The third kappa shape index (κ3) is 2.79. The van der Waals surface area contributed by atoms with Gasteiger partial charge in [-0.3, -0.25) is 4.21 Å². The molecule has 1 aromatic carbocycles. The lowest BCUT2D eigenvalue weighted by molar-refractivity contribution is 0.0692. The maximum atomic E-state index is 11.2. The Morgan fingerprint density at radius 3 is 2.67 bits per heavy atom. The van der Waals surface area contributed by atoms with Crippen LogP contribution in [0, 0.1) is 0 Å². The van der Waals surface area contributed by atoms with E-state index in [9.17, 15) is 9.00 Å². The topological polar surface area (TPSA) is 63.6 Å². The van der Waals surface area contributed by atoms with Gasteiger partial charge in [0.25, 0.3) is 0 Å². The molecule has 15 heavy (non-hydrogen) atoms. The molecule has 1 unspecified atom stereocenters. The molecular formula is C10H12O4S. The molecule has 5 heteroatoms. The van der Waals surface area contributed by atoms with Gasteiger partial charge in [0.1, 0.15) is 11.3 Å². The lowest BCUT2D eigenvalue weighted by atomic mass is 10.2. The summed E-state index contributed by atoms with van der Waals surface area (Å²) in [5.41, 5.74) is 0.0889. The van der Waals surface area contributed by atoms with Gasteiger partial charge in [0.2, 0.25) is 0 Å². The van der Waals surface area contributed by atoms with E-state index in [0.717, 1.165) is 0 Å². The van der Waals surface area contributed by atoms with Crippen molar-refractivity contribution in [2.75, 3.05) is 12.9 Å². The summed E-state index contributed by atoms with van der Waals surface area (Å²) in [5, 5.41) is 8.87. The predicted octanol–water partition coefficient (Wildman–Crippen LogP) is 1.52. The van der Waals surface area contributed by atoms with Crippen molar-refractivity contribution in [2.24, 2.45) is 0 Å². The molecule has 82 valence electrons. The van der Waals surface area contributed by atoms with E-state index in [1.165, 1.54) is 24.5 Å². The highest BCUT2D eigenvalue weighted by Gasteiger charge is 2.12. The van der Waals surface area contributed by atoms with Crippen molar-refractivity contribution in [3.63, 3.8) is 0 Å². The highest BCUT2D eigenvalue weighted by atomic mass is 32.2. The molecule has 0 aliphatic rings. The number of ether oxygens (including phenoxy) is 1. The van der Waals surface area contributed by atoms with Gasteiger partial charge in [0.05, 0.1) is 6.61 Å². The van der Waals surface area contributed by atoms with Crippen LogP contribution in [-0.2, 0) is 10.8 Å². The molecule has 0 radical (unpaired) electrons. The number of rotatable bonds is 4. The van der Waals surface area contributed by atoms with Gasteiger partial charge in [-0.2, -0.15) is 0 Å². The molecule has 0 bridgehead atoms. The van der Waals surface area contributed by atoms with Crippen LogP contribution >= 0.6 is 0 Å². The van der Waals surface area contributed by atoms with Crippen LogP contribution in [0.4, 0.5) is 0 Å². The summed E-state index contributed by atoms with van der Waals surface area (Å²) in [6.07, 6.45) is 1.53. The first kappa shape index (κ1) is 11.7. The molecule has 1 aromatic rings. The number of carboxylic acid groups (broad SMARTS) is 1. The Bertz CT molecular complexity index is 400. The molecule has 0 fully saturated rings. The summed E-state index contributed by atoms with van der Waals surface area (Å²) in [6.45, 7) is 2.14. The summed E-state index contributed by atoms with van der Waals surface area (Å²) in [6, 6.07) is 4.44. The fourth-order valence-corrected chi connectivity index (χ4v) is 1.67. The highest BCUT2D eigenvalue weighted by molar-refractivity contribution is 7.84. The first-order valence-electron chi connectivity index (χ1n) is 4.39. The van der Waals surface area contributed by atoms with Crippen molar-refractivity contribution in [2.45, 2.75) is 11.8 Å². The zero-order valence-electron chi connectivity index (χ0n) is 8.52. The molecule has 1 rings (SSSR count). The van der Waals surface area contributed by atoms with Crippen LogP contribution in [0.2, 0.25) is 0 Å². The Morgan fingerprint density at radius 2 is 2.20 bits per heavy atom. The Labute approximate surface area is 90.3 Å². The SMILES string of the molecule is CCOc1cc(S(C)=O)ccc1C(=O)O. The molecule has 0 spiro atoms. The first-order chi connectivity index (χ1) is 7.06. The molecule has 1 atom stereocenters. The number of carbonyl (C=O) groups is 1. The van der Waals surface area contributed by atoms with Gasteiger partial charge in [0, 0.05) is 22.0 Å². The van der Waals surface area contributed by atoms with Crippen molar-refractivity contribution in [3.05, 3.63) is 23.8 Å². The third-order valence-corrected chi connectivity index (χ3v) is 2.73. The number of hydrogen-bond donors (Lipinski definition) is 1. The number of hydrogen-bond acceptors (Lipinski definition) is 3. The van der Waals surface area contributed by atoms with E-state index in [2.05, 4.69) is 0 Å². The lowest BCUT2D eigenvalue weighted by Crippen LogP contribution is -2.03. The van der Waals surface area contributed by atoms with Gasteiger partial charge in [-0.25, -0.2) is 4.79 Å². The minimum absolute atomic E-state index is 0.0889. The van der Waals surface area contributed by atoms with Crippen molar-refractivity contribution >= 4 is 16.8 Å².